The van der Waals surface area contributed by atoms with Gasteiger partial charge in [0.1, 0.15) is 17.1 Å². The van der Waals surface area contributed by atoms with Crippen molar-refractivity contribution in [1.82, 2.24) is 0 Å². The number of fused-ring (bicyclic) bond motifs is 3. The van der Waals surface area contributed by atoms with E-state index in [9.17, 15) is 5.11 Å². The molecule has 1 aliphatic carbocycles. The molecule has 1 aliphatic heterocycles. The summed E-state index contributed by atoms with van der Waals surface area (Å²) < 4.78 is 6.14. The van der Waals surface area contributed by atoms with Crippen molar-refractivity contribution in [3.05, 3.63) is 23.8 Å². The lowest BCUT2D eigenvalue weighted by molar-refractivity contribution is -0.0137. The van der Waals surface area contributed by atoms with Crippen molar-refractivity contribution in [2.75, 3.05) is 0 Å². The van der Waals surface area contributed by atoms with Gasteiger partial charge >= 0.3 is 0 Å². The lowest BCUT2D eigenvalue weighted by Gasteiger charge is -2.48. The number of ether oxygens (including phenoxy) is 1. The van der Waals surface area contributed by atoms with Gasteiger partial charge in [0.05, 0.1) is 0 Å². The maximum absolute atomic E-state index is 9.63. The van der Waals surface area contributed by atoms with Crippen molar-refractivity contribution >= 4 is 0 Å². The van der Waals surface area contributed by atoms with Crippen LogP contribution in [0.3, 0.4) is 0 Å². The maximum atomic E-state index is 9.63. The third-order valence-corrected chi connectivity index (χ3v) is 4.78. The van der Waals surface area contributed by atoms with Crippen molar-refractivity contribution in [3.8, 4) is 11.5 Å². The van der Waals surface area contributed by atoms with Gasteiger partial charge in [-0.3, -0.25) is 0 Å². The standard InChI is InChI=1S/C16H22O2/c1-10-4-7-14-13(8-10)12-6-5-11(17)9-15(12)18-16(14,2)3/h5-6,9-10,13-14,17H,4,7-8H2,1-3H3/t10-,13+,14+/m1/s1. The van der Waals surface area contributed by atoms with E-state index in [1.165, 1.54) is 24.8 Å². The van der Waals surface area contributed by atoms with Crippen LogP contribution in [-0.4, -0.2) is 10.7 Å². The van der Waals surface area contributed by atoms with Crippen molar-refractivity contribution in [2.24, 2.45) is 11.8 Å². The molecule has 0 radical (unpaired) electrons. The Morgan fingerprint density at radius 1 is 1.28 bits per heavy atom. The van der Waals surface area contributed by atoms with E-state index in [0.29, 0.717) is 17.6 Å². The maximum Gasteiger partial charge on any atom is 0.127 e. The fourth-order valence-electron chi connectivity index (χ4n) is 3.83. The van der Waals surface area contributed by atoms with E-state index >= 15 is 0 Å². The highest BCUT2D eigenvalue weighted by molar-refractivity contribution is 5.45. The molecule has 0 saturated heterocycles. The molecule has 18 heavy (non-hydrogen) atoms. The summed E-state index contributed by atoms with van der Waals surface area (Å²) in [6.45, 7) is 6.72. The molecule has 2 nitrogen and oxygen atoms in total. The van der Waals surface area contributed by atoms with E-state index in [1.807, 2.05) is 0 Å². The van der Waals surface area contributed by atoms with Gasteiger partial charge in [0, 0.05) is 12.0 Å². The van der Waals surface area contributed by atoms with E-state index in [1.54, 1.807) is 12.1 Å². The highest BCUT2D eigenvalue weighted by Gasteiger charge is 2.45. The average molecular weight is 246 g/mol. The fourth-order valence-corrected chi connectivity index (χ4v) is 3.83. The second-order valence-electron chi connectivity index (χ2n) is 6.56. The first-order chi connectivity index (χ1) is 8.47. The molecule has 2 heteroatoms. The van der Waals surface area contributed by atoms with E-state index in [4.69, 9.17) is 4.74 Å². The molecule has 98 valence electrons. The lowest BCUT2D eigenvalue weighted by Crippen LogP contribution is -2.46. The van der Waals surface area contributed by atoms with E-state index in [-0.39, 0.29) is 5.60 Å². The molecular weight excluding hydrogens is 224 g/mol. The number of hydrogen-bond acceptors (Lipinski definition) is 2. The zero-order valence-corrected chi connectivity index (χ0v) is 11.4. The highest BCUT2D eigenvalue weighted by Crippen LogP contribution is 2.53. The Labute approximate surface area is 109 Å². The second kappa shape index (κ2) is 3.91. The molecule has 3 rings (SSSR count). The van der Waals surface area contributed by atoms with Crippen molar-refractivity contribution in [2.45, 2.75) is 51.6 Å². The molecule has 1 aromatic rings. The van der Waals surface area contributed by atoms with Crippen LogP contribution in [-0.2, 0) is 0 Å². The molecule has 1 saturated carbocycles. The number of benzene rings is 1. The van der Waals surface area contributed by atoms with Gasteiger partial charge in [-0.25, -0.2) is 0 Å². The number of aromatic hydroxyl groups is 1. The number of phenolic OH excluding ortho intramolecular Hbond substituents is 1. The predicted molar refractivity (Wildman–Crippen MR) is 72.1 cm³/mol. The van der Waals surface area contributed by atoms with Gasteiger partial charge in [-0.1, -0.05) is 19.4 Å². The largest absolute Gasteiger partial charge is 0.508 e. The SMILES string of the molecule is C[C@@H]1CC[C@H]2[C@@H](C1)c1ccc(O)cc1OC2(C)C. The van der Waals surface area contributed by atoms with Gasteiger partial charge in [-0.05, 0) is 50.2 Å². The van der Waals surface area contributed by atoms with Crippen molar-refractivity contribution in [3.63, 3.8) is 0 Å². The normalized spacial score (nSPS) is 33.2. The molecule has 0 bridgehead atoms. The van der Waals surface area contributed by atoms with Crippen LogP contribution in [0.2, 0.25) is 0 Å². The minimum Gasteiger partial charge on any atom is -0.508 e. The Kier molecular flexibility index (Phi) is 2.58. The first kappa shape index (κ1) is 11.9. The summed E-state index contributed by atoms with van der Waals surface area (Å²) in [7, 11) is 0. The van der Waals surface area contributed by atoms with Crippen LogP contribution in [0.4, 0.5) is 0 Å². The van der Waals surface area contributed by atoms with Crippen LogP contribution in [0.25, 0.3) is 0 Å². The topological polar surface area (TPSA) is 29.5 Å². The molecule has 1 N–H and O–H groups in total. The van der Waals surface area contributed by atoms with Crippen LogP contribution in [0, 0.1) is 11.8 Å². The fraction of sp³-hybridized carbons (Fsp3) is 0.625. The van der Waals surface area contributed by atoms with Crippen molar-refractivity contribution < 1.29 is 9.84 Å². The third kappa shape index (κ3) is 1.79. The zero-order chi connectivity index (χ0) is 12.9. The molecule has 1 heterocycles. The van der Waals surface area contributed by atoms with Crippen LogP contribution in [0.1, 0.15) is 51.5 Å². The Hall–Kier alpha value is -1.18. The van der Waals surface area contributed by atoms with Gasteiger partial charge in [-0.2, -0.15) is 0 Å². The third-order valence-electron chi connectivity index (χ3n) is 4.78. The van der Waals surface area contributed by atoms with E-state index < -0.39 is 0 Å². The Balaban J connectivity index is 2.06. The van der Waals surface area contributed by atoms with Crippen molar-refractivity contribution in [1.29, 1.82) is 0 Å². The summed E-state index contributed by atoms with van der Waals surface area (Å²) in [6.07, 6.45) is 3.80. The Bertz CT molecular complexity index is 464. The number of phenols is 1. The molecule has 1 fully saturated rings. The van der Waals surface area contributed by atoms with E-state index in [0.717, 1.165) is 11.7 Å². The molecule has 2 aliphatic rings. The molecule has 0 aromatic heterocycles. The molecule has 0 spiro atoms. The average Bonchev–Trinajstić information content (AvgIpc) is 2.27. The predicted octanol–water partition coefficient (Wildman–Crippen LogP) is 4.08. The zero-order valence-electron chi connectivity index (χ0n) is 11.4. The first-order valence-electron chi connectivity index (χ1n) is 6.99. The van der Waals surface area contributed by atoms with Crippen LogP contribution in [0.5, 0.6) is 11.5 Å². The summed E-state index contributed by atoms with van der Waals surface area (Å²) in [5.74, 6) is 3.17. The summed E-state index contributed by atoms with van der Waals surface area (Å²) in [5.41, 5.74) is 1.18. The van der Waals surface area contributed by atoms with Gasteiger partial charge < -0.3 is 9.84 Å². The molecule has 0 unspecified atom stereocenters. The monoisotopic (exact) mass is 246 g/mol. The highest BCUT2D eigenvalue weighted by atomic mass is 16.5. The lowest BCUT2D eigenvalue weighted by atomic mass is 9.64. The molecule has 1 aromatic carbocycles. The first-order valence-corrected chi connectivity index (χ1v) is 6.99. The number of rotatable bonds is 0. The molecular formula is C16H22O2. The Morgan fingerprint density at radius 2 is 2.06 bits per heavy atom. The van der Waals surface area contributed by atoms with Gasteiger partial charge in [0.15, 0.2) is 0 Å². The molecule has 0 amide bonds. The summed E-state index contributed by atoms with van der Waals surface area (Å²) >= 11 is 0. The minimum absolute atomic E-state index is 0.119. The van der Waals surface area contributed by atoms with Gasteiger partial charge in [0.25, 0.3) is 0 Å². The minimum atomic E-state index is -0.119. The van der Waals surface area contributed by atoms with E-state index in [2.05, 4.69) is 26.8 Å². The molecule has 3 atom stereocenters. The second-order valence-corrected chi connectivity index (χ2v) is 6.56. The van der Waals surface area contributed by atoms with Gasteiger partial charge in [0.2, 0.25) is 0 Å². The number of hydrogen-bond donors (Lipinski definition) is 1. The van der Waals surface area contributed by atoms with Crippen LogP contribution >= 0.6 is 0 Å². The smallest absolute Gasteiger partial charge is 0.127 e. The van der Waals surface area contributed by atoms with Crippen LogP contribution in [0.15, 0.2) is 18.2 Å². The summed E-state index contributed by atoms with van der Waals surface area (Å²) in [6, 6.07) is 5.61. The summed E-state index contributed by atoms with van der Waals surface area (Å²) in [5, 5.41) is 9.63. The Morgan fingerprint density at radius 3 is 2.83 bits per heavy atom. The summed E-state index contributed by atoms with van der Waals surface area (Å²) in [4.78, 5) is 0. The van der Waals surface area contributed by atoms with Gasteiger partial charge in [-0.15, -0.1) is 0 Å². The quantitative estimate of drug-likeness (QED) is 0.747. The van der Waals surface area contributed by atoms with Crippen LogP contribution < -0.4 is 4.74 Å².